The SMILES string of the molecule is CCc1ccc(C2(O)C=C(c3cccc(Br)c3)C(=O)N2OCc2ccccc2)cc1. The lowest BCUT2D eigenvalue weighted by molar-refractivity contribution is -0.262. The predicted octanol–water partition coefficient (Wildman–Crippen LogP) is 5.21. The van der Waals surface area contributed by atoms with Gasteiger partial charge in [0, 0.05) is 10.0 Å². The fraction of sp³-hybridized carbons (Fsp3) is 0.160. The lowest BCUT2D eigenvalue weighted by Gasteiger charge is -2.32. The summed E-state index contributed by atoms with van der Waals surface area (Å²) >= 11 is 3.45. The van der Waals surface area contributed by atoms with Gasteiger partial charge in [-0.05, 0) is 41.3 Å². The Morgan fingerprint density at radius 1 is 0.967 bits per heavy atom. The number of aliphatic hydroxyl groups is 1. The summed E-state index contributed by atoms with van der Waals surface area (Å²) in [6, 6.07) is 24.6. The van der Waals surface area contributed by atoms with Crippen LogP contribution in [0, 0.1) is 0 Å². The molecule has 1 N–H and O–H groups in total. The third-order valence-corrected chi connectivity index (χ3v) is 5.69. The van der Waals surface area contributed by atoms with Crippen molar-refractivity contribution in [2.24, 2.45) is 0 Å². The molecule has 0 bridgehead atoms. The first-order valence-electron chi connectivity index (χ1n) is 9.83. The second-order valence-corrected chi connectivity index (χ2v) is 8.12. The zero-order chi connectivity index (χ0) is 21.1. The summed E-state index contributed by atoms with van der Waals surface area (Å²) in [5.74, 6) is -0.383. The van der Waals surface area contributed by atoms with Gasteiger partial charge in [-0.1, -0.05) is 89.6 Å². The van der Waals surface area contributed by atoms with Crippen molar-refractivity contribution in [3.63, 3.8) is 0 Å². The van der Waals surface area contributed by atoms with Gasteiger partial charge in [0.25, 0.3) is 5.91 Å². The highest BCUT2D eigenvalue weighted by atomic mass is 79.9. The molecule has 1 heterocycles. The van der Waals surface area contributed by atoms with E-state index in [2.05, 4.69) is 22.9 Å². The van der Waals surface area contributed by atoms with Crippen molar-refractivity contribution in [1.82, 2.24) is 5.06 Å². The van der Waals surface area contributed by atoms with E-state index in [1.165, 1.54) is 0 Å². The number of hydroxylamine groups is 2. The molecule has 3 aromatic carbocycles. The minimum absolute atomic E-state index is 0.168. The Bertz CT molecular complexity index is 1080. The van der Waals surface area contributed by atoms with Crippen molar-refractivity contribution < 1.29 is 14.7 Å². The number of benzene rings is 3. The van der Waals surface area contributed by atoms with Crippen molar-refractivity contribution in [2.45, 2.75) is 25.7 Å². The van der Waals surface area contributed by atoms with Crippen LogP contribution in [0.4, 0.5) is 0 Å². The van der Waals surface area contributed by atoms with Gasteiger partial charge in [-0.3, -0.25) is 9.63 Å². The molecule has 1 amide bonds. The highest BCUT2D eigenvalue weighted by Gasteiger charge is 2.47. The number of carbonyl (C=O) groups is 1. The Morgan fingerprint density at radius 2 is 1.70 bits per heavy atom. The summed E-state index contributed by atoms with van der Waals surface area (Å²) in [6.45, 7) is 2.24. The van der Waals surface area contributed by atoms with Gasteiger partial charge in [0.05, 0.1) is 5.57 Å². The van der Waals surface area contributed by atoms with E-state index >= 15 is 0 Å². The molecular weight excluding hydrogens is 442 g/mol. The van der Waals surface area contributed by atoms with Gasteiger partial charge in [0.2, 0.25) is 5.72 Å². The normalized spacial score (nSPS) is 18.6. The van der Waals surface area contributed by atoms with Crippen LogP contribution in [0.15, 0.2) is 89.4 Å². The molecule has 5 heteroatoms. The van der Waals surface area contributed by atoms with E-state index in [0.717, 1.165) is 27.1 Å². The molecule has 0 aromatic heterocycles. The average Bonchev–Trinajstić information content (AvgIpc) is 3.04. The van der Waals surface area contributed by atoms with E-state index in [9.17, 15) is 9.90 Å². The van der Waals surface area contributed by atoms with Crippen molar-refractivity contribution in [3.8, 4) is 0 Å². The van der Waals surface area contributed by atoms with Crippen LogP contribution in [0.1, 0.15) is 29.2 Å². The van der Waals surface area contributed by atoms with Crippen molar-refractivity contribution in [1.29, 1.82) is 0 Å². The number of aryl methyl sites for hydroxylation is 1. The number of rotatable bonds is 6. The first-order chi connectivity index (χ1) is 14.5. The van der Waals surface area contributed by atoms with Crippen LogP contribution in [-0.2, 0) is 28.4 Å². The Morgan fingerprint density at radius 3 is 2.37 bits per heavy atom. The molecule has 0 saturated heterocycles. The Kier molecular flexibility index (Phi) is 5.86. The van der Waals surface area contributed by atoms with Gasteiger partial charge in [-0.15, -0.1) is 0 Å². The Balaban J connectivity index is 1.73. The Labute approximate surface area is 184 Å². The van der Waals surface area contributed by atoms with Crippen LogP contribution in [0.25, 0.3) is 5.57 Å². The predicted molar refractivity (Wildman–Crippen MR) is 120 cm³/mol. The molecule has 1 aliphatic rings. The maximum Gasteiger partial charge on any atom is 0.281 e. The molecule has 3 aromatic rings. The molecule has 152 valence electrons. The van der Waals surface area contributed by atoms with Crippen molar-refractivity contribution in [2.75, 3.05) is 0 Å². The molecule has 0 aliphatic carbocycles. The lowest BCUT2D eigenvalue weighted by Crippen LogP contribution is -2.43. The summed E-state index contributed by atoms with van der Waals surface area (Å²) in [5, 5.41) is 12.7. The van der Waals surface area contributed by atoms with Crippen molar-refractivity contribution in [3.05, 3.63) is 112 Å². The minimum atomic E-state index is -1.70. The molecule has 0 spiro atoms. The molecule has 4 rings (SSSR count). The molecule has 0 radical (unpaired) electrons. The molecule has 0 saturated carbocycles. The highest BCUT2D eigenvalue weighted by molar-refractivity contribution is 9.10. The lowest BCUT2D eigenvalue weighted by atomic mass is 9.99. The summed E-state index contributed by atoms with van der Waals surface area (Å²) < 4.78 is 0.855. The third-order valence-electron chi connectivity index (χ3n) is 5.20. The quantitative estimate of drug-likeness (QED) is 0.545. The minimum Gasteiger partial charge on any atom is -0.362 e. The largest absolute Gasteiger partial charge is 0.362 e. The van der Waals surface area contributed by atoms with Crippen LogP contribution in [0.3, 0.4) is 0 Å². The summed E-state index contributed by atoms with van der Waals surface area (Å²) in [7, 11) is 0. The van der Waals surface area contributed by atoms with E-state index in [4.69, 9.17) is 4.84 Å². The van der Waals surface area contributed by atoms with Crippen LogP contribution < -0.4 is 0 Å². The smallest absolute Gasteiger partial charge is 0.281 e. The zero-order valence-corrected chi connectivity index (χ0v) is 18.2. The topological polar surface area (TPSA) is 49.8 Å². The van der Waals surface area contributed by atoms with Gasteiger partial charge in [0.1, 0.15) is 6.61 Å². The molecule has 1 unspecified atom stereocenters. The highest BCUT2D eigenvalue weighted by Crippen LogP contribution is 2.40. The number of nitrogens with zero attached hydrogens (tertiary/aromatic N) is 1. The van der Waals surface area contributed by atoms with Crippen LogP contribution >= 0.6 is 15.9 Å². The standard InChI is InChI=1S/C25H22BrNO3/c1-2-18-11-13-21(14-12-18)25(29)16-23(20-9-6-10-22(26)15-20)24(28)27(25)30-17-19-7-4-3-5-8-19/h3-16,29H,2,17H2,1H3. The maximum atomic E-state index is 13.3. The zero-order valence-electron chi connectivity index (χ0n) is 16.6. The first kappa shape index (κ1) is 20.5. The number of carbonyl (C=O) groups excluding carboxylic acids is 1. The van der Waals surface area contributed by atoms with Gasteiger partial charge in [-0.25, -0.2) is 0 Å². The van der Waals surface area contributed by atoms with Crippen LogP contribution in [0.5, 0.6) is 0 Å². The average molecular weight is 464 g/mol. The molecule has 30 heavy (non-hydrogen) atoms. The molecule has 0 fully saturated rings. The molecule has 4 nitrogen and oxygen atoms in total. The number of hydrogen-bond acceptors (Lipinski definition) is 3. The van der Waals surface area contributed by atoms with Gasteiger partial charge in [0.15, 0.2) is 0 Å². The summed E-state index contributed by atoms with van der Waals surface area (Å²) in [4.78, 5) is 19.2. The first-order valence-corrected chi connectivity index (χ1v) is 10.6. The summed E-state index contributed by atoms with van der Waals surface area (Å²) in [5.41, 5.74) is 2.04. The van der Waals surface area contributed by atoms with Crippen molar-refractivity contribution >= 4 is 27.4 Å². The number of hydrogen-bond donors (Lipinski definition) is 1. The molecular formula is C25H22BrNO3. The van der Waals surface area contributed by atoms with Gasteiger partial charge >= 0.3 is 0 Å². The van der Waals surface area contributed by atoms with Gasteiger partial charge < -0.3 is 5.11 Å². The number of amides is 1. The van der Waals surface area contributed by atoms with E-state index in [1.54, 1.807) is 6.08 Å². The Hall–Kier alpha value is -2.73. The monoisotopic (exact) mass is 463 g/mol. The maximum absolute atomic E-state index is 13.3. The third kappa shape index (κ3) is 3.97. The van der Waals surface area contributed by atoms with E-state index in [0.29, 0.717) is 16.7 Å². The van der Waals surface area contributed by atoms with E-state index in [1.807, 2.05) is 78.9 Å². The van der Waals surface area contributed by atoms with Gasteiger partial charge in [-0.2, -0.15) is 5.06 Å². The van der Waals surface area contributed by atoms with Crippen LogP contribution in [0.2, 0.25) is 0 Å². The van der Waals surface area contributed by atoms with E-state index in [-0.39, 0.29) is 12.5 Å². The number of halogens is 1. The second-order valence-electron chi connectivity index (χ2n) is 7.20. The fourth-order valence-electron chi connectivity index (χ4n) is 3.51. The van der Waals surface area contributed by atoms with E-state index < -0.39 is 5.72 Å². The summed E-state index contributed by atoms with van der Waals surface area (Å²) in [6.07, 6.45) is 2.47. The fourth-order valence-corrected chi connectivity index (χ4v) is 3.90. The second kappa shape index (κ2) is 8.56. The van der Waals surface area contributed by atoms with Crippen LogP contribution in [-0.4, -0.2) is 16.1 Å². The molecule has 1 aliphatic heterocycles. The molecule has 1 atom stereocenters.